The lowest BCUT2D eigenvalue weighted by molar-refractivity contribution is 0.135. The van der Waals surface area contributed by atoms with Crippen LogP contribution in [0.1, 0.15) is 25.0 Å². The molecule has 0 aromatic heterocycles. The molecule has 0 unspecified atom stereocenters. The Morgan fingerprint density at radius 2 is 2.05 bits per heavy atom. The first-order valence-corrected chi connectivity index (χ1v) is 7.46. The first-order chi connectivity index (χ1) is 9.98. The molecule has 0 fully saturated rings. The molecule has 3 nitrogen and oxygen atoms in total. The van der Waals surface area contributed by atoms with Gasteiger partial charge in [0, 0.05) is 12.0 Å². The minimum Gasteiger partial charge on any atom is -0.483 e. The summed E-state index contributed by atoms with van der Waals surface area (Å²) in [6, 6.07) is 13.3. The Morgan fingerprint density at radius 3 is 2.76 bits per heavy atom. The molecule has 0 radical (unpaired) electrons. The van der Waals surface area contributed by atoms with Crippen LogP contribution >= 0.6 is 15.9 Å². The SMILES string of the molecule is CC1(C)Cc2cccc(Oc3ccc(C#N)cc3Br)c2O1. The van der Waals surface area contributed by atoms with Gasteiger partial charge in [0.15, 0.2) is 11.5 Å². The Labute approximate surface area is 132 Å². The maximum Gasteiger partial charge on any atom is 0.169 e. The van der Waals surface area contributed by atoms with Gasteiger partial charge in [-0.3, -0.25) is 0 Å². The summed E-state index contributed by atoms with van der Waals surface area (Å²) in [5.41, 5.74) is 1.54. The van der Waals surface area contributed by atoms with Crippen molar-refractivity contribution in [1.82, 2.24) is 0 Å². The number of benzene rings is 2. The zero-order valence-electron chi connectivity index (χ0n) is 11.8. The molecule has 0 saturated carbocycles. The van der Waals surface area contributed by atoms with Crippen LogP contribution in [-0.2, 0) is 6.42 Å². The van der Waals surface area contributed by atoms with Gasteiger partial charge in [-0.25, -0.2) is 0 Å². The van der Waals surface area contributed by atoms with Crippen LogP contribution in [0.5, 0.6) is 17.2 Å². The van der Waals surface area contributed by atoms with E-state index in [0.29, 0.717) is 17.1 Å². The number of hydrogen-bond donors (Lipinski definition) is 0. The molecule has 0 saturated heterocycles. The molecule has 1 aliphatic rings. The van der Waals surface area contributed by atoms with E-state index < -0.39 is 0 Å². The Bertz CT molecular complexity index is 747. The number of halogens is 1. The van der Waals surface area contributed by atoms with E-state index in [-0.39, 0.29) is 5.60 Å². The zero-order valence-corrected chi connectivity index (χ0v) is 13.4. The molecule has 0 aliphatic carbocycles. The lowest BCUT2D eigenvalue weighted by Gasteiger charge is -2.18. The molecule has 0 N–H and O–H groups in total. The maximum absolute atomic E-state index is 8.90. The van der Waals surface area contributed by atoms with Gasteiger partial charge in [0.2, 0.25) is 0 Å². The average Bonchev–Trinajstić information content (AvgIpc) is 2.76. The Balaban J connectivity index is 1.94. The summed E-state index contributed by atoms with van der Waals surface area (Å²) >= 11 is 3.43. The van der Waals surface area contributed by atoms with E-state index in [1.54, 1.807) is 18.2 Å². The molecule has 0 atom stereocenters. The third-order valence-electron chi connectivity index (χ3n) is 3.34. The van der Waals surface area contributed by atoms with E-state index in [0.717, 1.165) is 22.2 Å². The normalized spacial score (nSPS) is 15.0. The van der Waals surface area contributed by atoms with Crippen LogP contribution in [-0.4, -0.2) is 5.60 Å². The molecule has 106 valence electrons. The zero-order chi connectivity index (χ0) is 15.0. The molecular weight excluding hydrogens is 330 g/mol. The molecule has 3 rings (SSSR count). The Hall–Kier alpha value is -1.99. The van der Waals surface area contributed by atoms with Crippen LogP contribution in [0.25, 0.3) is 0 Å². The minimum absolute atomic E-state index is 0.205. The highest BCUT2D eigenvalue weighted by Gasteiger charge is 2.32. The third kappa shape index (κ3) is 2.74. The van der Waals surface area contributed by atoms with Crippen molar-refractivity contribution in [2.24, 2.45) is 0 Å². The molecule has 0 amide bonds. The lowest BCUT2D eigenvalue weighted by atomic mass is 10.0. The second-order valence-corrected chi connectivity index (χ2v) is 6.50. The van der Waals surface area contributed by atoms with E-state index >= 15 is 0 Å². The second-order valence-electron chi connectivity index (χ2n) is 5.64. The first-order valence-electron chi connectivity index (χ1n) is 6.67. The molecule has 0 spiro atoms. The predicted octanol–water partition coefficient (Wildman–Crippen LogP) is 4.83. The van der Waals surface area contributed by atoms with Crippen molar-refractivity contribution in [1.29, 1.82) is 5.26 Å². The molecule has 0 bridgehead atoms. The summed E-state index contributed by atoms with van der Waals surface area (Å²) in [5, 5.41) is 8.90. The van der Waals surface area contributed by atoms with Crippen molar-refractivity contribution in [3.63, 3.8) is 0 Å². The van der Waals surface area contributed by atoms with Gasteiger partial charge in [0.1, 0.15) is 11.4 Å². The van der Waals surface area contributed by atoms with Crippen LogP contribution < -0.4 is 9.47 Å². The topological polar surface area (TPSA) is 42.2 Å². The van der Waals surface area contributed by atoms with Gasteiger partial charge in [0.05, 0.1) is 16.1 Å². The quantitative estimate of drug-likeness (QED) is 0.784. The number of rotatable bonds is 2. The van der Waals surface area contributed by atoms with Gasteiger partial charge >= 0.3 is 0 Å². The van der Waals surface area contributed by atoms with Crippen molar-refractivity contribution in [2.45, 2.75) is 25.9 Å². The van der Waals surface area contributed by atoms with Crippen molar-refractivity contribution in [3.8, 4) is 23.3 Å². The van der Waals surface area contributed by atoms with Gasteiger partial charge in [-0.1, -0.05) is 12.1 Å². The minimum atomic E-state index is -0.205. The van der Waals surface area contributed by atoms with Crippen LogP contribution in [0, 0.1) is 11.3 Å². The molecule has 1 heterocycles. The Morgan fingerprint density at radius 1 is 1.24 bits per heavy atom. The molecule has 4 heteroatoms. The molecule has 2 aromatic rings. The number of fused-ring (bicyclic) bond motifs is 1. The number of nitrogens with zero attached hydrogens (tertiary/aromatic N) is 1. The lowest BCUT2D eigenvalue weighted by Crippen LogP contribution is -2.24. The average molecular weight is 344 g/mol. The van der Waals surface area contributed by atoms with Crippen molar-refractivity contribution in [2.75, 3.05) is 0 Å². The highest BCUT2D eigenvalue weighted by atomic mass is 79.9. The van der Waals surface area contributed by atoms with Gasteiger partial charge in [-0.15, -0.1) is 0 Å². The maximum atomic E-state index is 8.90. The van der Waals surface area contributed by atoms with E-state index in [1.165, 1.54) is 0 Å². The molecule has 1 aliphatic heterocycles. The van der Waals surface area contributed by atoms with Crippen molar-refractivity contribution >= 4 is 15.9 Å². The number of para-hydroxylation sites is 1. The monoisotopic (exact) mass is 343 g/mol. The largest absolute Gasteiger partial charge is 0.483 e. The van der Waals surface area contributed by atoms with E-state index in [9.17, 15) is 0 Å². The number of nitriles is 1. The van der Waals surface area contributed by atoms with Crippen LogP contribution in [0.4, 0.5) is 0 Å². The van der Waals surface area contributed by atoms with Crippen LogP contribution in [0.3, 0.4) is 0 Å². The fraction of sp³-hybridized carbons (Fsp3) is 0.235. The third-order valence-corrected chi connectivity index (χ3v) is 3.96. The molecule has 21 heavy (non-hydrogen) atoms. The van der Waals surface area contributed by atoms with Gasteiger partial charge in [-0.05, 0) is 54.0 Å². The number of hydrogen-bond acceptors (Lipinski definition) is 3. The van der Waals surface area contributed by atoms with Crippen LogP contribution in [0.15, 0.2) is 40.9 Å². The highest BCUT2D eigenvalue weighted by molar-refractivity contribution is 9.10. The second kappa shape index (κ2) is 5.09. The van der Waals surface area contributed by atoms with Crippen molar-refractivity contribution < 1.29 is 9.47 Å². The fourth-order valence-electron chi connectivity index (χ4n) is 2.44. The first kappa shape index (κ1) is 14.0. The summed E-state index contributed by atoms with van der Waals surface area (Å²) in [7, 11) is 0. The van der Waals surface area contributed by atoms with Gasteiger partial charge in [-0.2, -0.15) is 5.26 Å². The Kier molecular flexibility index (Phi) is 3.38. The fourth-order valence-corrected chi connectivity index (χ4v) is 2.90. The molecular formula is C17H14BrNO2. The highest BCUT2D eigenvalue weighted by Crippen LogP contribution is 2.44. The van der Waals surface area contributed by atoms with Crippen LogP contribution in [0.2, 0.25) is 0 Å². The smallest absolute Gasteiger partial charge is 0.169 e. The standard InChI is InChI=1S/C17H14BrNO2/c1-17(2)9-12-4-3-5-15(16(12)21-17)20-14-7-6-11(10-19)8-13(14)18/h3-8H,9H2,1-2H3. The summed E-state index contributed by atoms with van der Waals surface area (Å²) < 4.78 is 12.7. The predicted molar refractivity (Wildman–Crippen MR) is 83.8 cm³/mol. The summed E-state index contributed by atoms with van der Waals surface area (Å²) in [6.07, 6.45) is 0.869. The summed E-state index contributed by atoms with van der Waals surface area (Å²) in [4.78, 5) is 0. The van der Waals surface area contributed by atoms with E-state index in [1.807, 2.05) is 12.1 Å². The van der Waals surface area contributed by atoms with E-state index in [4.69, 9.17) is 14.7 Å². The van der Waals surface area contributed by atoms with Gasteiger partial charge in [0.25, 0.3) is 0 Å². The molecule has 2 aromatic carbocycles. The van der Waals surface area contributed by atoms with E-state index in [2.05, 4.69) is 41.9 Å². The number of ether oxygens (including phenoxy) is 2. The van der Waals surface area contributed by atoms with Crippen molar-refractivity contribution in [3.05, 3.63) is 52.0 Å². The summed E-state index contributed by atoms with van der Waals surface area (Å²) in [5.74, 6) is 2.16. The summed E-state index contributed by atoms with van der Waals surface area (Å²) in [6.45, 7) is 4.13. The van der Waals surface area contributed by atoms with Gasteiger partial charge < -0.3 is 9.47 Å².